The van der Waals surface area contributed by atoms with Crippen LogP contribution in [0.3, 0.4) is 0 Å². The molecule has 0 aromatic carbocycles. The van der Waals surface area contributed by atoms with E-state index in [2.05, 4.69) is 15.9 Å². The highest BCUT2D eigenvalue weighted by atomic mass is 79.9. The van der Waals surface area contributed by atoms with Crippen molar-refractivity contribution < 1.29 is 14.3 Å². The molecule has 70 valence electrons. The smallest absolute Gasteiger partial charge is 0.253 e. The number of Topliss-reactive ketones (excluding diaryl/α,β-unsaturated/α-hetero) is 1. The van der Waals surface area contributed by atoms with Crippen molar-refractivity contribution in [3.05, 3.63) is 12.5 Å². The fourth-order valence-corrected chi connectivity index (χ4v) is 3.30. The number of fused-ring (bicyclic) bond motifs is 2. The van der Waals surface area contributed by atoms with Gasteiger partial charge in [0.2, 0.25) is 0 Å². The van der Waals surface area contributed by atoms with E-state index in [9.17, 15) is 4.79 Å². The number of ketones is 1. The molecule has 1 aliphatic heterocycles. The molecule has 1 heterocycles. The minimum Gasteiger partial charge on any atom is -0.456 e. The highest BCUT2D eigenvalue weighted by Crippen LogP contribution is 2.58. The summed E-state index contributed by atoms with van der Waals surface area (Å²) >= 11 is 3.41. The predicted octanol–water partition coefficient (Wildman–Crippen LogP) is 1.57. The summed E-state index contributed by atoms with van der Waals surface area (Å²) in [5.41, 5.74) is 0. The Balaban J connectivity index is 1.84. The molecular formula is C9H9BrO3. The Bertz CT molecular complexity index is 291. The van der Waals surface area contributed by atoms with Crippen molar-refractivity contribution >= 4 is 21.7 Å². The molecule has 1 spiro atoms. The second kappa shape index (κ2) is 2.29. The monoisotopic (exact) mass is 244 g/mol. The van der Waals surface area contributed by atoms with Gasteiger partial charge in [0, 0.05) is 18.8 Å². The Kier molecular flexibility index (Phi) is 1.38. The molecule has 2 aliphatic carbocycles. The number of halogens is 1. The number of carbonyl (C=O) groups excluding carboxylic acids is 1. The van der Waals surface area contributed by atoms with Crippen molar-refractivity contribution in [2.24, 2.45) is 11.8 Å². The van der Waals surface area contributed by atoms with Crippen molar-refractivity contribution in [2.45, 2.75) is 23.5 Å². The van der Waals surface area contributed by atoms with Crippen LogP contribution in [0.5, 0.6) is 0 Å². The van der Waals surface area contributed by atoms with Gasteiger partial charge in [-0.3, -0.25) is 4.79 Å². The second-order valence-corrected chi connectivity index (χ2v) is 4.85. The number of rotatable bonds is 0. The van der Waals surface area contributed by atoms with Gasteiger partial charge in [0.15, 0.2) is 0 Å². The molecule has 3 aliphatic rings. The molecule has 0 aromatic rings. The Morgan fingerprint density at radius 2 is 2.15 bits per heavy atom. The van der Waals surface area contributed by atoms with E-state index in [1.54, 1.807) is 12.5 Å². The number of ether oxygens (including phenoxy) is 2. The Morgan fingerprint density at radius 3 is 2.77 bits per heavy atom. The number of hydrogen-bond donors (Lipinski definition) is 0. The largest absolute Gasteiger partial charge is 0.456 e. The first-order chi connectivity index (χ1) is 6.23. The summed E-state index contributed by atoms with van der Waals surface area (Å²) in [5, 5.41) is 0. The number of carbonyl (C=O) groups is 1. The summed E-state index contributed by atoms with van der Waals surface area (Å²) in [5.74, 6) is 0.459. The molecule has 0 aromatic heterocycles. The van der Waals surface area contributed by atoms with E-state index in [4.69, 9.17) is 9.47 Å². The molecule has 2 fully saturated rings. The van der Waals surface area contributed by atoms with E-state index in [1.165, 1.54) is 0 Å². The van der Waals surface area contributed by atoms with Gasteiger partial charge < -0.3 is 9.47 Å². The van der Waals surface area contributed by atoms with E-state index in [0.29, 0.717) is 12.3 Å². The van der Waals surface area contributed by atoms with Gasteiger partial charge in [-0.05, 0) is 5.92 Å². The third kappa shape index (κ3) is 0.822. The maximum atomic E-state index is 11.4. The predicted molar refractivity (Wildman–Crippen MR) is 48.0 cm³/mol. The third-order valence-corrected chi connectivity index (χ3v) is 4.49. The summed E-state index contributed by atoms with van der Waals surface area (Å²) in [6, 6.07) is 0. The highest BCUT2D eigenvalue weighted by molar-refractivity contribution is 9.10. The van der Waals surface area contributed by atoms with Crippen LogP contribution in [-0.2, 0) is 14.3 Å². The number of hydrogen-bond acceptors (Lipinski definition) is 3. The van der Waals surface area contributed by atoms with Gasteiger partial charge in [0.05, 0.1) is 4.83 Å². The maximum absolute atomic E-state index is 11.4. The van der Waals surface area contributed by atoms with Crippen molar-refractivity contribution in [1.29, 1.82) is 0 Å². The molecule has 0 saturated heterocycles. The Hall–Kier alpha value is -0.510. The molecule has 3 rings (SSSR count). The van der Waals surface area contributed by atoms with E-state index in [0.717, 1.165) is 6.42 Å². The first kappa shape index (κ1) is 7.85. The third-order valence-electron chi connectivity index (χ3n) is 3.30. The SMILES string of the molecule is O=C1C[C@@H]2[C@@H](CC23OC=CO3)[C@@H]1Br. The van der Waals surface area contributed by atoms with Crippen LogP contribution in [-0.4, -0.2) is 16.4 Å². The summed E-state index contributed by atoms with van der Waals surface area (Å²) < 4.78 is 10.8. The standard InChI is InChI=1S/C9H9BrO3/c10-8-5-4-9(12-1-2-13-9)6(5)3-7(8)11/h1-2,5-6,8H,3-4H2/t5-,6-,8+/m1/s1. The summed E-state index contributed by atoms with van der Waals surface area (Å²) in [6.45, 7) is 0. The van der Waals surface area contributed by atoms with E-state index in [-0.39, 0.29) is 16.5 Å². The quantitative estimate of drug-likeness (QED) is 0.608. The summed E-state index contributed by atoms with van der Waals surface area (Å²) in [6.07, 6.45) is 4.55. The average molecular weight is 245 g/mol. The average Bonchev–Trinajstić information content (AvgIpc) is 2.65. The lowest BCUT2D eigenvalue weighted by Gasteiger charge is -2.47. The zero-order valence-electron chi connectivity index (χ0n) is 6.90. The molecule has 3 nitrogen and oxygen atoms in total. The Labute approximate surface area is 84.2 Å². The molecule has 13 heavy (non-hydrogen) atoms. The molecule has 2 saturated carbocycles. The van der Waals surface area contributed by atoms with Crippen LogP contribution in [0.15, 0.2) is 12.5 Å². The van der Waals surface area contributed by atoms with Crippen LogP contribution in [0, 0.1) is 11.8 Å². The molecule has 0 amide bonds. The highest BCUT2D eigenvalue weighted by Gasteiger charge is 2.65. The van der Waals surface area contributed by atoms with E-state index >= 15 is 0 Å². The van der Waals surface area contributed by atoms with Crippen LogP contribution >= 0.6 is 15.9 Å². The van der Waals surface area contributed by atoms with Crippen LogP contribution in [0.2, 0.25) is 0 Å². The molecule has 0 radical (unpaired) electrons. The van der Waals surface area contributed by atoms with Crippen molar-refractivity contribution in [3.8, 4) is 0 Å². The first-order valence-electron chi connectivity index (χ1n) is 4.40. The molecule has 3 atom stereocenters. The molecular weight excluding hydrogens is 236 g/mol. The summed E-state index contributed by atoms with van der Waals surface area (Å²) in [4.78, 5) is 11.4. The normalized spacial score (nSPS) is 44.1. The Morgan fingerprint density at radius 1 is 1.46 bits per heavy atom. The van der Waals surface area contributed by atoms with Crippen LogP contribution in [0.25, 0.3) is 0 Å². The van der Waals surface area contributed by atoms with Crippen molar-refractivity contribution in [3.63, 3.8) is 0 Å². The fourth-order valence-electron chi connectivity index (χ4n) is 2.55. The van der Waals surface area contributed by atoms with E-state index < -0.39 is 5.79 Å². The van der Waals surface area contributed by atoms with Gasteiger partial charge in [0.25, 0.3) is 5.79 Å². The van der Waals surface area contributed by atoms with E-state index in [1.807, 2.05) is 0 Å². The lowest BCUT2D eigenvalue weighted by molar-refractivity contribution is -0.255. The van der Waals surface area contributed by atoms with Gasteiger partial charge in [-0.1, -0.05) is 15.9 Å². The second-order valence-electron chi connectivity index (χ2n) is 3.87. The van der Waals surface area contributed by atoms with Gasteiger partial charge in [-0.2, -0.15) is 0 Å². The van der Waals surface area contributed by atoms with Crippen LogP contribution < -0.4 is 0 Å². The van der Waals surface area contributed by atoms with Crippen LogP contribution in [0.1, 0.15) is 12.8 Å². The minimum atomic E-state index is -0.483. The molecule has 0 unspecified atom stereocenters. The lowest BCUT2D eigenvalue weighted by atomic mass is 9.70. The molecule has 0 bridgehead atoms. The topological polar surface area (TPSA) is 35.5 Å². The van der Waals surface area contributed by atoms with Crippen molar-refractivity contribution in [1.82, 2.24) is 0 Å². The van der Waals surface area contributed by atoms with Gasteiger partial charge in [-0.25, -0.2) is 0 Å². The van der Waals surface area contributed by atoms with Gasteiger partial charge in [-0.15, -0.1) is 0 Å². The minimum absolute atomic E-state index is 0.0240. The zero-order valence-corrected chi connectivity index (χ0v) is 8.49. The van der Waals surface area contributed by atoms with Gasteiger partial charge >= 0.3 is 0 Å². The maximum Gasteiger partial charge on any atom is 0.253 e. The lowest BCUT2D eigenvalue weighted by Crippen LogP contribution is -2.54. The molecule has 0 N–H and O–H groups in total. The fraction of sp³-hybridized carbons (Fsp3) is 0.667. The summed E-state index contributed by atoms with van der Waals surface area (Å²) in [7, 11) is 0. The first-order valence-corrected chi connectivity index (χ1v) is 5.32. The zero-order chi connectivity index (χ0) is 9.05. The van der Waals surface area contributed by atoms with Crippen LogP contribution in [0.4, 0.5) is 0 Å². The number of alkyl halides is 1. The van der Waals surface area contributed by atoms with Crippen molar-refractivity contribution in [2.75, 3.05) is 0 Å². The molecule has 4 heteroatoms. The van der Waals surface area contributed by atoms with Gasteiger partial charge in [0.1, 0.15) is 18.3 Å².